The minimum absolute atomic E-state index is 0.156. The fraction of sp³-hybridized carbons (Fsp3) is 0.556. The second kappa shape index (κ2) is 5.13. The van der Waals surface area contributed by atoms with Crippen LogP contribution < -0.4 is 0 Å². The van der Waals surface area contributed by atoms with E-state index in [1.807, 2.05) is 12.2 Å². The quantitative estimate of drug-likeness (QED) is 0.730. The van der Waals surface area contributed by atoms with Gasteiger partial charge in [0.05, 0.1) is 25.3 Å². The molecule has 0 saturated carbocycles. The summed E-state index contributed by atoms with van der Waals surface area (Å²) >= 11 is 0. The van der Waals surface area contributed by atoms with Gasteiger partial charge < -0.3 is 9.47 Å². The highest BCUT2D eigenvalue weighted by Gasteiger charge is 2.71. The summed E-state index contributed by atoms with van der Waals surface area (Å²) in [6, 6.07) is -0.471. The van der Waals surface area contributed by atoms with Crippen molar-refractivity contribution in [2.75, 3.05) is 13.2 Å². The molecule has 2 heterocycles. The molecule has 5 aliphatic rings. The highest BCUT2D eigenvalue weighted by molar-refractivity contribution is 5.77. The van der Waals surface area contributed by atoms with Crippen LogP contribution in [0, 0.1) is 10.8 Å². The highest BCUT2D eigenvalue weighted by Crippen LogP contribution is 2.67. The highest BCUT2D eigenvalue weighted by atomic mass is 16.6. The molecule has 3 aliphatic carbocycles. The number of hydrazine groups is 1. The van der Waals surface area contributed by atoms with Gasteiger partial charge in [-0.1, -0.05) is 36.5 Å². The lowest BCUT2D eigenvalue weighted by atomic mass is 9.42. The molecule has 2 aliphatic heterocycles. The van der Waals surface area contributed by atoms with Crippen LogP contribution >= 0.6 is 0 Å². The second-order valence-corrected chi connectivity index (χ2v) is 6.66. The zero-order chi connectivity index (χ0) is 16.9. The molecule has 0 radical (unpaired) electrons. The van der Waals surface area contributed by atoms with Crippen molar-refractivity contribution in [1.29, 1.82) is 0 Å². The van der Waals surface area contributed by atoms with Crippen LogP contribution in [0.25, 0.3) is 0 Å². The van der Waals surface area contributed by atoms with Crippen LogP contribution in [0.3, 0.4) is 0 Å². The van der Waals surface area contributed by atoms with Crippen molar-refractivity contribution in [2.45, 2.75) is 38.8 Å². The van der Waals surface area contributed by atoms with E-state index in [-0.39, 0.29) is 36.1 Å². The van der Waals surface area contributed by atoms with E-state index in [1.165, 1.54) is 10.0 Å². The normalized spacial score (nSPS) is 37.6. The molecule has 0 aromatic heterocycles. The summed E-state index contributed by atoms with van der Waals surface area (Å²) in [6.07, 6.45) is 13.6. The van der Waals surface area contributed by atoms with E-state index in [9.17, 15) is 9.59 Å². The summed E-state index contributed by atoms with van der Waals surface area (Å²) in [5.41, 5.74) is -0.312. The molecular weight excluding hydrogens is 308 g/mol. The second-order valence-electron chi connectivity index (χ2n) is 6.66. The Hall–Kier alpha value is -2.24. The first-order valence-electron chi connectivity index (χ1n) is 8.57. The zero-order valence-electron chi connectivity index (χ0n) is 14.0. The maximum absolute atomic E-state index is 12.6. The van der Waals surface area contributed by atoms with Gasteiger partial charge in [0.25, 0.3) is 0 Å². The number of allylic oxidation sites excluding steroid dienone is 2. The van der Waals surface area contributed by atoms with E-state index in [2.05, 4.69) is 24.3 Å². The van der Waals surface area contributed by atoms with Crippen molar-refractivity contribution in [3.63, 3.8) is 0 Å². The lowest BCUT2D eigenvalue weighted by Crippen LogP contribution is -2.78. The van der Waals surface area contributed by atoms with Gasteiger partial charge in [0.15, 0.2) is 0 Å². The number of carbonyl (C=O) groups excluding carboxylic acids is 2. The first kappa shape index (κ1) is 15.3. The van der Waals surface area contributed by atoms with Gasteiger partial charge in [0, 0.05) is 10.8 Å². The topological polar surface area (TPSA) is 59.1 Å². The van der Waals surface area contributed by atoms with Crippen LogP contribution in [0.5, 0.6) is 0 Å². The number of rotatable bonds is 2. The van der Waals surface area contributed by atoms with Crippen molar-refractivity contribution in [3.8, 4) is 0 Å². The van der Waals surface area contributed by atoms with Gasteiger partial charge in [-0.15, -0.1) is 0 Å². The van der Waals surface area contributed by atoms with Crippen molar-refractivity contribution >= 4 is 12.2 Å². The molecule has 24 heavy (non-hydrogen) atoms. The van der Waals surface area contributed by atoms with Gasteiger partial charge in [-0.3, -0.25) is 0 Å². The van der Waals surface area contributed by atoms with Gasteiger partial charge >= 0.3 is 12.2 Å². The standard InChI is InChI=1S/C18H22N2O4/c1-3-23-15(21)19-13-7-8-14(20(19)16(22)24-4-2)18-10-6-5-9-17(13,18)11-12-18/h5-8,11-14H,3-4,9-10H2,1-2H3/t13-,14-,17-,18+/m1/s1. The van der Waals surface area contributed by atoms with Crippen LogP contribution in [0.2, 0.25) is 0 Å². The Morgan fingerprint density at radius 2 is 1.33 bits per heavy atom. The number of hydrogen-bond acceptors (Lipinski definition) is 4. The minimum atomic E-state index is -0.497. The van der Waals surface area contributed by atoms with E-state index >= 15 is 0 Å². The molecule has 1 fully saturated rings. The average Bonchev–Trinajstić information content (AvgIpc) is 2.56. The van der Waals surface area contributed by atoms with Crippen LogP contribution in [0.1, 0.15) is 26.7 Å². The number of ether oxygens (including phenoxy) is 2. The van der Waals surface area contributed by atoms with Gasteiger partial charge in [-0.2, -0.15) is 0 Å². The third-order valence-corrected chi connectivity index (χ3v) is 5.82. The molecule has 4 atom stereocenters. The Morgan fingerprint density at radius 3 is 1.67 bits per heavy atom. The Bertz CT molecular complexity index is 616. The Kier molecular flexibility index (Phi) is 3.27. The Labute approximate surface area is 141 Å². The maximum atomic E-state index is 12.6. The average molecular weight is 330 g/mol. The molecule has 0 N–H and O–H groups in total. The predicted molar refractivity (Wildman–Crippen MR) is 86.8 cm³/mol. The van der Waals surface area contributed by atoms with E-state index in [1.54, 1.807) is 13.8 Å². The number of nitrogens with zero attached hydrogens (tertiary/aromatic N) is 2. The number of amides is 2. The molecule has 6 nitrogen and oxygen atoms in total. The molecule has 6 heteroatoms. The molecule has 0 aromatic rings. The van der Waals surface area contributed by atoms with E-state index in [4.69, 9.17) is 9.47 Å². The summed E-state index contributed by atoms with van der Waals surface area (Å²) in [5, 5.41) is 2.93. The van der Waals surface area contributed by atoms with Gasteiger partial charge in [-0.05, 0) is 26.7 Å². The zero-order valence-corrected chi connectivity index (χ0v) is 14.0. The van der Waals surface area contributed by atoms with Crippen LogP contribution in [-0.4, -0.2) is 47.5 Å². The summed E-state index contributed by atoms with van der Waals surface area (Å²) < 4.78 is 10.5. The number of fused-ring (bicyclic) bond motifs is 1. The van der Waals surface area contributed by atoms with Crippen LogP contribution in [0.15, 0.2) is 36.5 Å². The van der Waals surface area contributed by atoms with Crippen molar-refractivity contribution in [1.82, 2.24) is 10.0 Å². The smallest absolute Gasteiger partial charge is 0.429 e. The van der Waals surface area contributed by atoms with Gasteiger partial charge in [0.1, 0.15) is 0 Å². The third kappa shape index (κ3) is 1.61. The monoisotopic (exact) mass is 330 g/mol. The van der Waals surface area contributed by atoms with Crippen LogP contribution in [-0.2, 0) is 9.47 Å². The summed E-state index contributed by atoms with van der Waals surface area (Å²) in [6.45, 7) is 4.06. The predicted octanol–water partition coefficient (Wildman–Crippen LogP) is 3.03. The van der Waals surface area contributed by atoms with Gasteiger partial charge in [-0.25, -0.2) is 19.6 Å². The Morgan fingerprint density at radius 1 is 0.917 bits per heavy atom. The van der Waals surface area contributed by atoms with Crippen LogP contribution in [0.4, 0.5) is 9.59 Å². The molecule has 5 rings (SSSR count). The van der Waals surface area contributed by atoms with Crippen molar-refractivity contribution in [3.05, 3.63) is 36.5 Å². The summed E-state index contributed by atoms with van der Waals surface area (Å²) in [4.78, 5) is 25.3. The molecule has 2 bridgehead atoms. The summed E-state index contributed by atoms with van der Waals surface area (Å²) in [7, 11) is 0. The molecule has 1 saturated heterocycles. The molecule has 0 spiro atoms. The number of carbonyl (C=O) groups is 2. The molecule has 2 amide bonds. The lowest BCUT2D eigenvalue weighted by molar-refractivity contribution is -0.182. The van der Waals surface area contributed by atoms with Crippen molar-refractivity contribution in [2.24, 2.45) is 10.8 Å². The minimum Gasteiger partial charge on any atom is -0.448 e. The van der Waals surface area contributed by atoms with E-state index in [0.29, 0.717) is 0 Å². The fourth-order valence-corrected chi connectivity index (χ4v) is 4.78. The van der Waals surface area contributed by atoms with E-state index < -0.39 is 12.2 Å². The third-order valence-electron chi connectivity index (χ3n) is 5.82. The molecule has 0 aromatic carbocycles. The summed E-state index contributed by atoms with van der Waals surface area (Å²) in [5.74, 6) is 0. The fourth-order valence-electron chi connectivity index (χ4n) is 4.78. The van der Waals surface area contributed by atoms with E-state index in [0.717, 1.165) is 12.8 Å². The first-order chi connectivity index (χ1) is 11.6. The SMILES string of the molecule is CCOC(=O)N1[C@@H]2C=C[C@@H](N1C(=O)OCC)[C@]13C=C[C@]21CC=CC3. The lowest BCUT2D eigenvalue weighted by Gasteiger charge is -2.70. The van der Waals surface area contributed by atoms with Gasteiger partial charge in [0.2, 0.25) is 0 Å². The Balaban J connectivity index is 1.80. The maximum Gasteiger partial charge on any atom is 0.429 e. The molecule has 0 unspecified atom stereocenters. The number of hydrogen-bond donors (Lipinski definition) is 0. The largest absolute Gasteiger partial charge is 0.448 e. The molecule has 128 valence electrons. The van der Waals surface area contributed by atoms with Crippen molar-refractivity contribution < 1.29 is 19.1 Å². The first-order valence-corrected chi connectivity index (χ1v) is 8.57. The molecular formula is C18H22N2O4.